The molecule has 2 aromatic rings. The van der Waals surface area contributed by atoms with Crippen molar-refractivity contribution in [3.8, 4) is 10.6 Å². The van der Waals surface area contributed by atoms with E-state index < -0.39 is 18.0 Å². The zero-order chi connectivity index (χ0) is 16.9. The number of hydrogen-bond acceptors (Lipinski definition) is 6. The van der Waals surface area contributed by atoms with Crippen LogP contribution >= 0.6 is 11.3 Å². The summed E-state index contributed by atoms with van der Waals surface area (Å²) < 4.78 is 0. The molecule has 0 radical (unpaired) electrons. The van der Waals surface area contributed by atoms with Crippen LogP contribution < -0.4 is 16.0 Å². The van der Waals surface area contributed by atoms with Gasteiger partial charge in [0.15, 0.2) is 0 Å². The van der Waals surface area contributed by atoms with E-state index in [0.29, 0.717) is 13.0 Å². The number of thiazole rings is 1. The number of pyridine rings is 1. The number of hydrogen-bond donors (Lipinski definition) is 3. The molecule has 124 valence electrons. The van der Waals surface area contributed by atoms with Crippen LogP contribution in [0.2, 0.25) is 0 Å². The van der Waals surface area contributed by atoms with Crippen molar-refractivity contribution >= 4 is 29.2 Å². The molecule has 1 aliphatic rings. The van der Waals surface area contributed by atoms with E-state index in [1.807, 2.05) is 17.5 Å². The molecular weight excluding hydrogens is 330 g/mol. The fourth-order valence-corrected chi connectivity index (χ4v) is 3.08. The van der Waals surface area contributed by atoms with Gasteiger partial charge in [0.1, 0.15) is 11.0 Å². The lowest BCUT2D eigenvalue weighted by Crippen LogP contribution is -2.36. The smallest absolute Gasteiger partial charge is 0.322 e. The van der Waals surface area contributed by atoms with Crippen LogP contribution in [-0.2, 0) is 16.0 Å². The minimum atomic E-state index is -0.797. The summed E-state index contributed by atoms with van der Waals surface area (Å²) in [6.45, 7) is 0.414. The van der Waals surface area contributed by atoms with E-state index in [0.717, 1.165) is 16.3 Å². The summed E-state index contributed by atoms with van der Waals surface area (Å²) in [6, 6.07) is 2.43. The number of carbonyl (C=O) groups excluding carboxylic acids is 3. The molecule has 1 fully saturated rings. The Kier molecular flexibility index (Phi) is 4.80. The molecule has 3 rings (SSSR count). The van der Waals surface area contributed by atoms with E-state index in [9.17, 15) is 14.4 Å². The first kappa shape index (κ1) is 16.1. The molecule has 3 N–H and O–H groups in total. The Morgan fingerprint density at radius 3 is 2.96 bits per heavy atom. The SMILES string of the molecule is O=C(C[C@H]1NC(=O)NC1=O)NCCc1csc(-c2cccnc2)n1. The molecule has 0 bridgehead atoms. The van der Waals surface area contributed by atoms with Gasteiger partial charge in [-0.1, -0.05) is 0 Å². The lowest BCUT2D eigenvalue weighted by Gasteiger charge is -2.07. The van der Waals surface area contributed by atoms with E-state index in [1.165, 1.54) is 11.3 Å². The third-order valence-electron chi connectivity index (χ3n) is 3.41. The Morgan fingerprint density at radius 1 is 1.38 bits per heavy atom. The van der Waals surface area contributed by atoms with Gasteiger partial charge >= 0.3 is 6.03 Å². The molecule has 0 saturated carbocycles. The number of nitrogens with zero attached hydrogens (tertiary/aromatic N) is 2. The summed E-state index contributed by atoms with van der Waals surface area (Å²) in [5.41, 5.74) is 1.84. The van der Waals surface area contributed by atoms with Crippen molar-refractivity contribution in [2.24, 2.45) is 0 Å². The second kappa shape index (κ2) is 7.18. The van der Waals surface area contributed by atoms with Crippen LogP contribution in [-0.4, -0.2) is 40.4 Å². The largest absolute Gasteiger partial charge is 0.356 e. The number of aromatic nitrogens is 2. The van der Waals surface area contributed by atoms with Gasteiger partial charge < -0.3 is 10.6 Å². The van der Waals surface area contributed by atoms with Crippen LogP contribution in [0.15, 0.2) is 29.9 Å². The van der Waals surface area contributed by atoms with Gasteiger partial charge in [-0.3, -0.25) is 19.9 Å². The van der Waals surface area contributed by atoms with Crippen molar-refractivity contribution in [1.29, 1.82) is 0 Å². The molecule has 1 saturated heterocycles. The quantitative estimate of drug-likeness (QED) is 0.659. The third-order valence-corrected chi connectivity index (χ3v) is 4.35. The van der Waals surface area contributed by atoms with Gasteiger partial charge in [-0.05, 0) is 12.1 Å². The van der Waals surface area contributed by atoms with Gasteiger partial charge in [0.2, 0.25) is 5.91 Å². The summed E-state index contributed by atoms with van der Waals surface area (Å²) in [7, 11) is 0. The van der Waals surface area contributed by atoms with Crippen molar-refractivity contribution in [3.05, 3.63) is 35.6 Å². The van der Waals surface area contributed by atoms with Gasteiger partial charge in [0, 0.05) is 36.3 Å². The molecule has 0 unspecified atom stereocenters. The van der Waals surface area contributed by atoms with E-state index in [2.05, 4.69) is 25.9 Å². The molecule has 1 aliphatic heterocycles. The second-order valence-electron chi connectivity index (χ2n) is 5.21. The van der Waals surface area contributed by atoms with Crippen LogP contribution in [0.3, 0.4) is 0 Å². The number of carbonyl (C=O) groups is 3. The molecule has 1 atom stereocenters. The molecule has 3 heterocycles. The summed E-state index contributed by atoms with van der Waals surface area (Å²) in [5.74, 6) is -0.768. The van der Waals surface area contributed by atoms with E-state index in [4.69, 9.17) is 0 Å². The van der Waals surface area contributed by atoms with Gasteiger partial charge in [-0.15, -0.1) is 11.3 Å². The summed E-state index contributed by atoms with van der Waals surface area (Å²) >= 11 is 1.52. The molecule has 0 spiro atoms. The average molecular weight is 345 g/mol. The number of nitrogens with one attached hydrogen (secondary N) is 3. The Balaban J connectivity index is 1.45. The fraction of sp³-hybridized carbons (Fsp3) is 0.267. The number of amides is 4. The normalized spacial score (nSPS) is 16.6. The first-order valence-corrected chi connectivity index (χ1v) is 8.22. The molecule has 9 heteroatoms. The lowest BCUT2D eigenvalue weighted by atomic mass is 10.2. The number of imide groups is 1. The van der Waals surface area contributed by atoms with Gasteiger partial charge in [0.05, 0.1) is 12.1 Å². The lowest BCUT2D eigenvalue weighted by molar-refractivity contribution is -0.126. The summed E-state index contributed by atoms with van der Waals surface area (Å²) in [6.07, 6.45) is 3.98. The molecule has 24 heavy (non-hydrogen) atoms. The predicted molar refractivity (Wildman–Crippen MR) is 87.1 cm³/mol. The maximum Gasteiger partial charge on any atom is 0.322 e. The van der Waals surface area contributed by atoms with E-state index >= 15 is 0 Å². The first-order valence-electron chi connectivity index (χ1n) is 7.34. The Labute approximate surface area is 141 Å². The van der Waals surface area contributed by atoms with E-state index in [-0.39, 0.29) is 12.3 Å². The molecule has 8 nitrogen and oxygen atoms in total. The highest BCUT2D eigenvalue weighted by Gasteiger charge is 2.31. The van der Waals surface area contributed by atoms with Crippen molar-refractivity contribution in [2.45, 2.75) is 18.9 Å². The zero-order valence-electron chi connectivity index (χ0n) is 12.6. The maximum absolute atomic E-state index is 11.8. The van der Waals surface area contributed by atoms with Crippen LogP contribution in [0.25, 0.3) is 10.6 Å². The predicted octanol–water partition coefficient (Wildman–Crippen LogP) is 0.462. The van der Waals surface area contributed by atoms with Crippen LogP contribution in [0.4, 0.5) is 4.79 Å². The highest BCUT2D eigenvalue weighted by Crippen LogP contribution is 2.22. The molecule has 2 aromatic heterocycles. The second-order valence-corrected chi connectivity index (χ2v) is 6.06. The van der Waals surface area contributed by atoms with Crippen LogP contribution in [0, 0.1) is 0 Å². The monoisotopic (exact) mass is 345 g/mol. The van der Waals surface area contributed by atoms with E-state index in [1.54, 1.807) is 12.4 Å². The Morgan fingerprint density at radius 2 is 2.25 bits per heavy atom. The Hall–Kier alpha value is -2.81. The maximum atomic E-state index is 11.8. The van der Waals surface area contributed by atoms with Crippen molar-refractivity contribution in [1.82, 2.24) is 25.9 Å². The van der Waals surface area contributed by atoms with Crippen molar-refractivity contribution in [3.63, 3.8) is 0 Å². The minimum Gasteiger partial charge on any atom is -0.356 e. The molecule has 0 aromatic carbocycles. The third kappa shape index (κ3) is 3.93. The summed E-state index contributed by atoms with van der Waals surface area (Å²) in [5, 5.41) is 10.0. The molecule has 0 aliphatic carbocycles. The fourth-order valence-electron chi connectivity index (χ4n) is 2.23. The number of urea groups is 1. The summed E-state index contributed by atoms with van der Waals surface area (Å²) in [4.78, 5) is 42.7. The van der Waals surface area contributed by atoms with Gasteiger partial charge in [0.25, 0.3) is 5.91 Å². The topological polar surface area (TPSA) is 113 Å². The molecule has 4 amide bonds. The standard InChI is InChI=1S/C15H15N5O3S/c21-12(6-11-13(22)20-15(23)19-11)17-5-3-10-8-24-14(18-10)9-2-1-4-16-7-9/h1-2,4,7-8,11H,3,5-6H2,(H,17,21)(H2,19,20,22,23)/t11-/m1/s1. The Bertz CT molecular complexity index is 761. The van der Waals surface area contributed by atoms with Crippen LogP contribution in [0.1, 0.15) is 12.1 Å². The minimum absolute atomic E-state index is 0.0738. The van der Waals surface area contributed by atoms with Crippen molar-refractivity contribution in [2.75, 3.05) is 6.54 Å². The zero-order valence-corrected chi connectivity index (χ0v) is 13.4. The van der Waals surface area contributed by atoms with Crippen LogP contribution in [0.5, 0.6) is 0 Å². The van der Waals surface area contributed by atoms with Crippen molar-refractivity contribution < 1.29 is 14.4 Å². The highest BCUT2D eigenvalue weighted by molar-refractivity contribution is 7.13. The first-order chi connectivity index (χ1) is 11.6. The highest BCUT2D eigenvalue weighted by atomic mass is 32.1. The molecular formula is C15H15N5O3S. The number of rotatable bonds is 6. The van der Waals surface area contributed by atoms with Gasteiger partial charge in [-0.25, -0.2) is 9.78 Å². The van der Waals surface area contributed by atoms with Gasteiger partial charge in [-0.2, -0.15) is 0 Å². The average Bonchev–Trinajstić information content (AvgIpc) is 3.15.